The van der Waals surface area contributed by atoms with Gasteiger partial charge in [0.1, 0.15) is 11.2 Å². The van der Waals surface area contributed by atoms with Crippen molar-refractivity contribution in [2.45, 2.75) is 53.4 Å². The van der Waals surface area contributed by atoms with E-state index < -0.39 is 11.9 Å². The third-order valence-electron chi connectivity index (χ3n) is 7.02. The van der Waals surface area contributed by atoms with Gasteiger partial charge in [-0.05, 0) is 100 Å². The monoisotopic (exact) mass is 482 g/mol. The van der Waals surface area contributed by atoms with E-state index in [2.05, 4.69) is 37.5 Å². The predicted octanol–water partition coefficient (Wildman–Crippen LogP) is 5.53. The molecule has 3 aromatic rings. The van der Waals surface area contributed by atoms with E-state index in [4.69, 9.17) is 4.42 Å². The molecule has 0 saturated heterocycles. The maximum atomic E-state index is 12.6. The van der Waals surface area contributed by atoms with Crippen LogP contribution in [0.4, 0.5) is 0 Å². The van der Waals surface area contributed by atoms with Gasteiger partial charge < -0.3 is 24.4 Å². The van der Waals surface area contributed by atoms with Crippen LogP contribution in [0.5, 0.6) is 0 Å². The van der Waals surface area contributed by atoms with Gasteiger partial charge in [-0.2, -0.15) is 0 Å². The third-order valence-corrected chi connectivity index (χ3v) is 7.02. The Balaban J connectivity index is 2.13. The maximum Gasteiger partial charge on any atom is 0.336 e. The quantitative estimate of drug-likeness (QED) is 0.312. The molecule has 0 spiro atoms. The first-order valence-electron chi connectivity index (χ1n) is 12.8. The van der Waals surface area contributed by atoms with Crippen LogP contribution in [0.3, 0.4) is 0 Å². The zero-order chi connectivity index (χ0) is 25.5. The number of fused-ring (bicyclic) bond motifs is 3. The molecule has 2 aromatic carbocycles. The Morgan fingerprint density at radius 1 is 0.800 bits per heavy atom. The largest absolute Gasteiger partial charge is 0.478 e. The number of carboxylic acid groups (broad SMARTS) is 2. The van der Waals surface area contributed by atoms with Gasteiger partial charge in [-0.1, -0.05) is 27.7 Å². The van der Waals surface area contributed by atoms with Gasteiger partial charge in [0, 0.05) is 10.8 Å². The molecular weight excluding hydrogens is 444 g/mol. The number of nitrogens with zero attached hydrogens (tertiary/aromatic N) is 2. The standard InChI is InChI=1S/C28H38N2O5/c1-5-29(6-2)15-9-11-19-18-24-26(22-17-20(27(31)32)13-14-23(22)35-24)21(25(19)28(33)34)12-10-16-30(7-3)8-4/h13-14,17-18H,5-12,15-16H2,1-4H3,(H,31,32)(H,33,34). The summed E-state index contributed by atoms with van der Waals surface area (Å²) in [6.07, 6.45) is 2.90. The molecule has 0 saturated carbocycles. The molecule has 1 aromatic heterocycles. The number of hydrogen-bond donors (Lipinski definition) is 2. The van der Waals surface area contributed by atoms with Crippen molar-refractivity contribution in [2.75, 3.05) is 39.3 Å². The third kappa shape index (κ3) is 6.03. The number of furan rings is 1. The second-order valence-electron chi connectivity index (χ2n) is 8.95. The molecule has 35 heavy (non-hydrogen) atoms. The van der Waals surface area contributed by atoms with Crippen LogP contribution in [0.1, 0.15) is 72.4 Å². The van der Waals surface area contributed by atoms with Gasteiger partial charge in [0.25, 0.3) is 0 Å². The lowest BCUT2D eigenvalue weighted by atomic mass is 9.90. The maximum absolute atomic E-state index is 12.6. The number of hydrogen-bond acceptors (Lipinski definition) is 5. The lowest BCUT2D eigenvalue weighted by Crippen LogP contribution is -2.25. The van der Waals surface area contributed by atoms with Crippen LogP contribution in [-0.4, -0.2) is 71.2 Å². The smallest absolute Gasteiger partial charge is 0.336 e. The predicted molar refractivity (Wildman–Crippen MR) is 140 cm³/mol. The molecule has 0 aliphatic heterocycles. The molecule has 0 atom stereocenters. The van der Waals surface area contributed by atoms with Crippen molar-refractivity contribution >= 4 is 33.9 Å². The Kier molecular flexibility index (Phi) is 9.29. The number of aryl methyl sites for hydroxylation is 2. The summed E-state index contributed by atoms with van der Waals surface area (Å²) in [4.78, 5) is 28.9. The Labute approximate surface area is 207 Å². The summed E-state index contributed by atoms with van der Waals surface area (Å²) in [5.41, 5.74) is 3.25. The van der Waals surface area contributed by atoms with Crippen molar-refractivity contribution in [2.24, 2.45) is 0 Å². The van der Waals surface area contributed by atoms with Crippen molar-refractivity contribution in [1.29, 1.82) is 0 Å². The van der Waals surface area contributed by atoms with Crippen LogP contribution < -0.4 is 0 Å². The number of aromatic carboxylic acids is 2. The SMILES string of the molecule is CCN(CC)CCCc1cc2oc3ccc(C(=O)O)cc3c2c(CCCN(CC)CC)c1C(=O)O. The lowest BCUT2D eigenvalue weighted by Gasteiger charge is -2.20. The molecule has 0 fully saturated rings. The Bertz CT molecular complexity index is 1180. The van der Waals surface area contributed by atoms with Gasteiger partial charge in [-0.25, -0.2) is 9.59 Å². The van der Waals surface area contributed by atoms with Crippen LogP contribution >= 0.6 is 0 Å². The van der Waals surface area contributed by atoms with Crippen molar-refractivity contribution < 1.29 is 24.2 Å². The summed E-state index contributed by atoms with van der Waals surface area (Å²) in [7, 11) is 0. The molecule has 0 bridgehead atoms. The van der Waals surface area contributed by atoms with Gasteiger partial charge in [0.05, 0.1) is 11.1 Å². The van der Waals surface area contributed by atoms with Gasteiger partial charge in [-0.15, -0.1) is 0 Å². The Morgan fingerprint density at radius 3 is 1.94 bits per heavy atom. The van der Waals surface area contributed by atoms with E-state index in [-0.39, 0.29) is 5.56 Å². The second-order valence-corrected chi connectivity index (χ2v) is 8.95. The van der Waals surface area contributed by atoms with E-state index in [9.17, 15) is 19.8 Å². The Hall–Kier alpha value is -2.90. The highest BCUT2D eigenvalue weighted by Crippen LogP contribution is 2.37. The lowest BCUT2D eigenvalue weighted by molar-refractivity contribution is 0.0684. The van der Waals surface area contributed by atoms with E-state index in [1.807, 2.05) is 6.07 Å². The molecule has 0 unspecified atom stereocenters. The summed E-state index contributed by atoms with van der Waals surface area (Å²) in [6.45, 7) is 14.1. The minimum atomic E-state index is -1.02. The topological polar surface area (TPSA) is 94.2 Å². The van der Waals surface area contributed by atoms with E-state index in [1.165, 1.54) is 6.07 Å². The molecule has 7 nitrogen and oxygen atoms in total. The van der Waals surface area contributed by atoms with Gasteiger partial charge in [0.2, 0.25) is 0 Å². The summed E-state index contributed by atoms with van der Waals surface area (Å²) in [5.74, 6) is -1.96. The zero-order valence-corrected chi connectivity index (χ0v) is 21.4. The fourth-order valence-corrected chi connectivity index (χ4v) is 4.98. The summed E-state index contributed by atoms with van der Waals surface area (Å²) < 4.78 is 6.14. The number of rotatable bonds is 14. The normalized spacial score (nSPS) is 11.8. The first-order valence-corrected chi connectivity index (χ1v) is 12.8. The minimum absolute atomic E-state index is 0.162. The van der Waals surface area contributed by atoms with Crippen LogP contribution in [0.15, 0.2) is 28.7 Å². The molecule has 0 aliphatic carbocycles. The second kappa shape index (κ2) is 12.2. The number of carboxylic acids is 2. The van der Waals surface area contributed by atoms with Gasteiger partial charge in [-0.3, -0.25) is 0 Å². The Morgan fingerprint density at radius 2 is 1.40 bits per heavy atom. The highest BCUT2D eigenvalue weighted by molar-refractivity contribution is 6.12. The molecule has 1 heterocycles. The first kappa shape index (κ1) is 26.7. The van der Waals surface area contributed by atoms with Crippen LogP contribution in [0.2, 0.25) is 0 Å². The van der Waals surface area contributed by atoms with Crippen LogP contribution in [0.25, 0.3) is 21.9 Å². The van der Waals surface area contributed by atoms with Crippen LogP contribution in [0, 0.1) is 0 Å². The van der Waals surface area contributed by atoms with Crippen LogP contribution in [-0.2, 0) is 12.8 Å². The van der Waals surface area contributed by atoms with Gasteiger partial charge in [0.15, 0.2) is 0 Å². The first-order chi connectivity index (χ1) is 16.8. The molecule has 3 rings (SSSR count). The molecular formula is C28H38N2O5. The number of carbonyl (C=O) groups is 2. The molecule has 0 radical (unpaired) electrons. The van der Waals surface area contributed by atoms with Crippen molar-refractivity contribution in [3.63, 3.8) is 0 Å². The zero-order valence-electron chi connectivity index (χ0n) is 21.4. The van der Waals surface area contributed by atoms with E-state index >= 15 is 0 Å². The highest BCUT2D eigenvalue weighted by Gasteiger charge is 2.23. The fourth-order valence-electron chi connectivity index (χ4n) is 4.98. The molecule has 0 amide bonds. The van der Waals surface area contributed by atoms with E-state index in [0.29, 0.717) is 35.0 Å². The summed E-state index contributed by atoms with van der Waals surface area (Å²) in [5, 5.41) is 21.2. The average Bonchev–Trinajstić information content (AvgIpc) is 3.21. The fraction of sp³-hybridized carbons (Fsp3) is 0.500. The minimum Gasteiger partial charge on any atom is -0.478 e. The van der Waals surface area contributed by atoms with Crippen molar-refractivity contribution in [3.8, 4) is 0 Å². The van der Waals surface area contributed by atoms with Crippen molar-refractivity contribution in [3.05, 3.63) is 46.5 Å². The molecule has 190 valence electrons. The van der Waals surface area contributed by atoms with Gasteiger partial charge >= 0.3 is 11.9 Å². The summed E-state index contributed by atoms with van der Waals surface area (Å²) in [6, 6.07) is 6.65. The average molecular weight is 483 g/mol. The number of benzene rings is 2. The van der Waals surface area contributed by atoms with E-state index in [0.717, 1.165) is 68.6 Å². The summed E-state index contributed by atoms with van der Waals surface area (Å²) >= 11 is 0. The highest BCUT2D eigenvalue weighted by atomic mass is 16.4. The molecule has 2 N–H and O–H groups in total. The molecule has 0 aliphatic rings. The van der Waals surface area contributed by atoms with E-state index in [1.54, 1.807) is 12.1 Å². The molecule has 7 heteroatoms. The van der Waals surface area contributed by atoms with Crippen molar-refractivity contribution in [1.82, 2.24) is 9.80 Å².